The number of benzene rings is 2. The Morgan fingerprint density at radius 1 is 1.16 bits per heavy atom. The van der Waals surface area contributed by atoms with E-state index in [2.05, 4.69) is 59.8 Å². The van der Waals surface area contributed by atoms with Crippen molar-refractivity contribution in [2.75, 3.05) is 13.6 Å². The van der Waals surface area contributed by atoms with Crippen LogP contribution in [0.5, 0.6) is 5.75 Å². The lowest BCUT2D eigenvalue weighted by Crippen LogP contribution is -2.45. The Hall–Kier alpha value is -3.02. The van der Waals surface area contributed by atoms with E-state index in [9.17, 15) is 4.79 Å². The van der Waals surface area contributed by atoms with Crippen LogP contribution >= 0.6 is 0 Å². The van der Waals surface area contributed by atoms with Gasteiger partial charge in [0.1, 0.15) is 11.4 Å². The zero-order valence-corrected chi connectivity index (χ0v) is 18.6. The Morgan fingerprint density at radius 2 is 1.90 bits per heavy atom. The summed E-state index contributed by atoms with van der Waals surface area (Å²) in [6.07, 6.45) is 2.51. The first-order chi connectivity index (χ1) is 14.9. The summed E-state index contributed by atoms with van der Waals surface area (Å²) in [6.45, 7) is 6.48. The fourth-order valence-corrected chi connectivity index (χ4v) is 4.33. The molecule has 1 amide bonds. The second-order valence-electron chi connectivity index (χ2n) is 8.96. The third-order valence-electron chi connectivity index (χ3n) is 5.94. The largest absolute Gasteiger partial charge is 0.487 e. The summed E-state index contributed by atoms with van der Waals surface area (Å²) in [6, 6.07) is 16.8. The number of fused-ring (bicyclic) bond motifs is 1. The molecule has 1 atom stereocenters. The Bertz CT molecular complexity index is 952. The van der Waals surface area contributed by atoms with Crippen molar-refractivity contribution in [2.24, 2.45) is 4.99 Å². The van der Waals surface area contributed by atoms with Gasteiger partial charge in [-0.25, -0.2) is 0 Å². The van der Waals surface area contributed by atoms with Crippen LogP contribution in [-0.2, 0) is 17.9 Å². The van der Waals surface area contributed by atoms with Crippen LogP contribution in [0.15, 0.2) is 53.5 Å². The zero-order valence-electron chi connectivity index (χ0n) is 18.6. The highest BCUT2D eigenvalue weighted by atomic mass is 16.5. The Morgan fingerprint density at radius 3 is 2.61 bits per heavy atom. The number of carbonyl (C=O) groups is 1. The van der Waals surface area contributed by atoms with Crippen LogP contribution in [0.2, 0.25) is 0 Å². The molecule has 1 fully saturated rings. The Balaban J connectivity index is 1.35. The molecule has 2 heterocycles. The molecule has 1 saturated heterocycles. The van der Waals surface area contributed by atoms with E-state index in [4.69, 9.17) is 4.74 Å². The fraction of sp³-hybridized carbons (Fsp3) is 0.440. The predicted octanol–water partition coefficient (Wildman–Crippen LogP) is 3.78. The molecule has 2 aliphatic rings. The molecule has 6 nitrogen and oxygen atoms in total. The number of hydrogen-bond donors (Lipinski definition) is 2. The summed E-state index contributed by atoms with van der Waals surface area (Å²) in [5, 5.41) is 6.99. The van der Waals surface area contributed by atoms with E-state index in [1.165, 1.54) is 11.1 Å². The highest BCUT2D eigenvalue weighted by molar-refractivity contribution is 5.80. The molecule has 2 N–H and O–H groups in total. The quantitative estimate of drug-likeness (QED) is 0.571. The number of nitrogens with one attached hydrogen (secondary N) is 2. The van der Waals surface area contributed by atoms with Crippen LogP contribution in [0.4, 0.5) is 0 Å². The van der Waals surface area contributed by atoms with Gasteiger partial charge in [-0.05, 0) is 37.5 Å². The van der Waals surface area contributed by atoms with Gasteiger partial charge < -0.3 is 20.3 Å². The van der Waals surface area contributed by atoms with E-state index >= 15 is 0 Å². The zero-order chi connectivity index (χ0) is 21.8. The minimum Gasteiger partial charge on any atom is -0.487 e. The maximum absolute atomic E-state index is 11.8. The van der Waals surface area contributed by atoms with Gasteiger partial charge >= 0.3 is 0 Å². The lowest BCUT2D eigenvalue weighted by Gasteiger charge is -2.38. The van der Waals surface area contributed by atoms with Crippen LogP contribution in [0.1, 0.15) is 55.8 Å². The van der Waals surface area contributed by atoms with Gasteiger partial charge in [0.05, 0.1) is 6.04 Å². The minimum atomic E-state index is -0.239. The topological polar surface area (TPSA) is 66.0 Å². The molecule has 0 aliphatic carbocycles. The van der Waals surface area contributed by atoms with Gasteiger partial charge in [0.2, 0.25) is 5.91 Å². The van der Waals surface area contributed by atoms with Gasteiger partial charge in [-0.2, -0.15) is 0 Å². The molecule has 4 rings (SSSR count). The lowest BCUT2D eigenvalue weighted by atomic mass is 9.90. The normalized spacial score (nSPS) is 20.2. The summed E-state index contributed by atoms with van der Waals surface area (Å²) in [5.41, 5.74) is 3.26. The Labute approximate surface area is 184 Å². The molecular weight excluding hydrogens is 388 g/mol. The number of amides is 1. The molecule has 0 aromatic heterocycles. The van der Waals surface area contributed by atoms with Crippen molar-refractivity contribution in [3.63, 3.8) is 0 Å². The number of rotatable bonds is 5. The van der Waals surface area contributed by atoms with E-state index in [0.29, 0.717) is 19.5 Å². The number of guanidine groups is 1. The summed E-state index contributed by atoms with van der Waals surface area (Å²) >= 11 is 0. The number of para-hydroxylation sites is 1. The third kappa shape index (κ3) is 5.19. The molecule has 1 unspecified atom stereocenters. The first-order valence-corrected chi connectivity index (χ1v) is 11.0. The molecule has 2 aliphatic heterocycles. The molecule has 0 spiro atoms. The van der Waals surface area contributed by atoms with E-state index in [1.54, 1.807) is 7.05 Å². The average molecular weight is 421 g/mol. The smallest absolute Gasteiger partial charge is 0.222 e. The van der Waals surface area contributed by atoms with Crippen LogP contribution in [0.25, 0.3) is 0 Å². The van der Waals surface area contributed by atoms with Crippen LogP contribution in [-0.4, -0.2) is 36.0 Å². The molecule has 0 saturated carbocycles. The van der Waals surface area contributed by atoms with Crippen molar-refractivity contribution < 1.29 is 9.53 Å². The van der Waals surface area contributed by atoms with Gasteiger partial charge in [0, 0.05) is 45.1 Å². The van der Waals surface area contributed by atoms with Gasteiger partial charge in [-0.3, -0.25) is 9.79 Å². The van der Waals surface area contributed by atoms with Crippen LogP contribution in [0.3, 0.4) is 0 Å². The molecule has 2 aromatic rings. The highest BCUT2D eigenvalue weighted by Crippen LogP contribution is 2.39. The molecule has 2 aromatic carbocycles. The van der Waals surface area contributed by atoms with E-state index < -0.39 is 0 Å². The Kier molecular flexibility index (Phi) is 6.16. The molecule has 164 valence electrons. The number of likely N-dealkylation sites (tertiary alicyclic amines) is 1. The summed E-state index contributed by atoms with van der Waals surface area (Å²) in [5.74, 6) is 1.96. The standard InChI is InChI=1S/C25H32N4O2/c1-25(2)15-21(20-7-4-5-8-22(20)31-25)28-24(26-3)27-16-18-10-12-19(13-11-18)17-29-14-6-9-23(29)30/h4-5,7-8,10-13,21H,6,9,14-17H2,1-3H3,(H2,26,27,28). The van der Waals surface area contributed by atoms with Gasteiger partial charge in [0.25, 0.3) is 0 Å². The van der Waals surface area contributed by atoms with Gasteiger partial charge in [-0.15, -0.1) is 0 Å². The molecule has 6 heteroatoms. The fourth-order valence-electron chi connectivity index (χ4n) is 4.33. The molecule has 31 heavy (non-hydrogen) atoms. The van der Waals surface area contributed by atoms with Crippen molar-refractivity contribution in [2.45, 2.75) is 57.8 Å². The second-order valence-corrected chi connectivity index (χ2v) is 8.96. The van der Waals surface area contributed by atoms with E-state index in [-0.39, 0.29) is 17.6 Å². The summed E-state index contributed by atoms with van der Waals surface area (Å²) in [7, 11) is 1.79. The van der Waals surface area contributed by atoms with Crippen molar-refractivity contribution in [1.82, 2.24) is 15.5 Å². The first kappa shape index (κ1) is 21.2. The first-order valence-electron chi connectivity index (χ1n) is 11.0. The van der Waals surface area contributed by atoms with Crippen LogP contribution in [0, 0.1) is 0 Å². The number of ether oxygens (including phenoxy) is 1. The lowest BCUT2D eigenvalue weighted by molar-refractivity contribution is -0.128. The second kappa shape index (κ2) is 9.00. The SMILES string of the molecule is CN=C(NCc1ccc(CN2CCCC2=O)cc1)NC1CC(C)(C)Oc2ccccc21. The van der Waals surface area contributed by atoms with Crippen LogP contribution < -0.4 is 15.4 Å². The number of aliphatic imine (C=N–C) groups is 1. The van der Waals surface area contributed by atoms with Crippen molar-refractivity contribution in [3.8, 4) is 5.75 Å². The number of carbonyl (C=O) groups excluding carboxylic acids is 1. The minimum absolute atomic E-state index is 0.131. The van der Waals surface area contributed by atoms with E-state index in [1.807, 2.05) is 23.1 Å². The highest BCUT2D eigenvalue weighted by Gasteiger charge is 2.33. The number of hydrogen-bond acceptors (Lipinski definition) is 3. The van der Waals surface area contributed by atoms with Crippen molar-refractivity contribution in [3.05, 3.63) is 65.2 Å². The predicted molar refractivity (Wildman–Crippen MR) is 123 cm³/mol. The average Bonchev–Trinajstić information content (AvgIpc) is 3.15. The summed E-state index contributed by atoms with van der Waals surface area (Å²) < 4.78 is 6.13. The number of nitrogens with zero attached hydrogens (tertiary/aromatic N) is 2. The van der Waals surface area contributed by atoms with Gasteiger partial charge in [0.15, 0.2) is 5.96 Å². The molecular formula is C25H32N4O2. The maximum Gasteiger partial charge on any atom is 0.222 e. The van der Waals surface area contributed by atoms with E-state index in [0.717, 1.165) is 36.7 Å². The summed E-state index contributed by atoms with van der Waals surface area (Å²) in [4.78, 5) is 18.2. The maximum atomic E-state index is 11.8. The monoisotopic (exact) mass is 420 g/mol. The molecule has 0 bridgehead atoms. The van der Waals surface area contributed by atoms with Gasteiger partial charge in [-0.1, -0.05) is 42.5 Å². The third-order valence-corrected chi connectivity index (χ3v) is 5.94. The molecule has 0 radical (unpaired) electrons. The van der Waals surface area contributed by atoms with Crippen molar-refractivity contribution >= 4 is 11.9 Å². The van der Waals surface area contributed by atoms with Crippen molar-refractivity contribution in [1.29, 1.82) is 0 Å².